The van der Waals surface area contributed by atoms with Crippen LogP contribution >= 0.6 is 0 Å². The van der Waals surface area contributed by atoms with Gasteiger partial charge in [0, 0.05) is 64.6 Å². The highest BCUT2D eigenvalue weighted by atomic mass is 14.9. The van der Waals surface area contributed by atoms with Gasteiger partial charge in [0.2, 0.25) is 0 Å². The van der Waals surface area contributed by atoms with Crippen LogP contribution in [0.2, 0.25) is 0 Å². The monoisotopic (exact) mass is 1780 g/mol. The fourth-order valence-electron chi connectivity index (χ4n) is 23.7. The molecule has 3 heteroatoms. The van der Waals surface area contributed by atoms with Gasteiger partial charge in [-0.25, -0.2) is 0 Å². The minimum absolute atomic E-state index is 1.21. The van der Waals surface area contributed by atoms with Crippen LogP contribution in [0.5, 0.6) is 0 Å². The molecule has 0 spiro atoms. The molecule has 31 rings (SSSR count). The Morgan fingerprint density at radius 1 is 0.0993 bits per heavy atom. The highest BCUT2D eigenvalue weighted by molar-refractivity contribution is 6.31. The molecule has 652 valence electrons. The summed E-state index contributed by atoms with van der Waals surface area (Å²) < 4.78 is 7.54. The molecule has 0 aliphatic heterocycles. The number of nitrogens with zero attached hydrogens (tertiary/aromatic N) is 3. The molecule has 0 saturated heterocycles. The number of fused-ring (bicyclic) bond motifs is 24. The van der Waals surface area contributed by atoms with Crippen molar-refractivity contribution in [2.24, 2.45) is 0 Å². The van der Waals surface area contributed by atoms with Crippen molar-refractivity contribution in [3.8, 4) is 111 Å². The van der Waals surface area contributed by atoms with Crippen LogP contribution < -0.4 is 0 Å². The first kappa shape index (κ1) is 79.8. The largest absolute Gasteiger partial charge is 0.308 e. The van der Waals surface area contributed by atoms with Crippen LogP contribution in [0.15, 0.2) is 516 Å². The lowest BCUT2D eigenvalue weighted by Crippen LogP contribution is -1.93. The van der Waals surface area contributed by atoms with E-state index < -0.39 is 0 Å². The average Bonchev–Trinajstić information content (AvgIpc) is 1.53. The van der Waals surface area contributed by atoms with E-state index in [1.165, 1.54) is 290 Å². The Balaban J connectivity index is 0.000000102. The first-order valence-corrected chi connectivity index (χ1v) is 48.9. The zero-order valence-electron chi connectivity index (χ0n) is 76.9. The maximum Gasteiger partial charge on any atom is 0.0620 e. The van der Waals surface area contributed by atoms with E-state index in [-0.39, 0.29) is 0 Å². The van der Waals surface area contributed by atoms with Gasteiger partial charge in [0.1, 0.15) is 0 Å². The molecule has 0 radical (unpaired) electrons. The van der Waals surface area contributed by atoms with Crippen LogP contribution in [0.4, 0.5) is 0 Å². The van der Waals surface area contributed by atoms with Gasteiger partial charge in [-0.15, -0.1) is 0 Å². The molecule has 31 aromatic rings. The van der Waals surface area contributed by atoms with Gasteiger partial charge in [0.05, 0.1) is 49.7 Å². The van der Waals surface area contributed by atoms with Crippen LogP contribution in [-0.4, -0.2) is 13.2 Å². The summed E-state index contributed by atoms with van der Waals surface area (Å²) in [5, 5.41) is 30.7. The molecular weight excluding hydrogens is 1700 g/mol. The molecule has 6 heterocycles. The van der Waals surface area contributed by atoms with Gasteiger partial charge in [0.15, 0.2) is 0 Å². The standard InChI is InChI=1S/C50H31N.2C44H27N/c1-4-14-32(15-5-1)39-26-41(33-16-6-2-7-17-33)49(42(27-39)34-18-8-3-9-19-34)40-28-45-43-24-35-20-10-12-22-37(35)30-47(43)51-48-31-38-23-13-11-21-36(38)25-44(48)46(29-40)50(45)51;1-3-12-28(13-4-1)35-20-11-21-36(29-14-5-2-6-15-29)43(35)34-24-39-37-22-30-16-7-9-18-32(30)26-41(37)45-42-27-33-19-10-8-17-31(33)23-38(42)40(25-34)44(39)45;1-3-11-28(12-4-1)34-19-20-36(29-13-5-2-6-14-29)37(21-34)35-24-40-38-22-30-15-7-9-17-32(30)26-42(38)45-43-27-33-18-10-8-16-31(33)23-39(43)41(25-35)44(40)45/h1-31H;2*1-27H. The second-order valence-electron chi connectivity index (χ2n) is 38.1. The molecule has 25 aromatic carbocycles. The molecule has 0 unspecified atom stereocenters. The van der Waals surface area contributed by atoms with E-state index in [1.54, 1.807) is 0 Å². The van der Waals surface area contributed by atoms with E-state index >= 15 is 0 Å². The Morgan fingerprint density at radius 3 is 0.574 bits per heavy atom. The quantitative estimate of drug-likeness (QED) is 0.129. The molecule has 0 aliphatic carbocycles. The van der Waals surface area contributed by atoms with E-state index in [0.29, 0.717) is 0 Å². The third-order valence-electron chi connectivity index (χ3n) is 30.1. The van der Waals surface area contributed by atoms with Crippen molar-refractivity contribution < 1.29 is 0 Å². The molecule has 0 bridgehead atoms. The molecule has 3 nitrogen and oxygen atoms in total. The molecule has 0 N–H and O–H groups in total. The zero-order valence-corrected chi connectivity index (χ0v) is 76.9. The van der Waals surface area contributed by atoms with Gasteiger partial charge >= 0.3 is 0 Å². The van der Waals surface area contributed by atoms with Gasteiger partial charge in [0.25, 0.3) is 0 Å². The third kappa shape index (κ3) is 12.9. The highest BCUT2D eigenvalue weighted by Crippen LogP contribution is 2.53. The number of aromatic nitrogens is 3. The summed E-state index contributed by atoms with van der Waals surface area (Å²) >= 11 is 0. The van der Waals surface area contributed by atoms with Crippen LogP contribution in [0.25, 0.3) is 290 Å². The summed E-state index contributed by atoms with van der Waals surface area (Å²) in [6, 6.07) is 190. The second kappa shape index (κ2) is 32.1. The first-order chi connectivity index (χ1) is 69.9. The Morgan fingerprint density at radius 2 is 0.305 bits per heavy atom. The van der Waals surface area contributed by atoms with Crippen molar-refractivity contribution in [2.45, 2.75) is 0 Å². The van der Waals surface area contributed by atoms with E-state index in [9.17, 15) is 0 Å². The number of rotatable bonds is 10. The number of benzene rings is 25. The molecule has 6 aromatic heterocycles. The van der Waals surface area contributed by atoms with Gasteiger partial charge in [-0.3, -0.25) is 0 Å². The fraction of sp³-hybridized carbons (Fsp3) is 0. The van der Waals surface area contributed by atoms with E-state index in [1.807, 2.05) is 0 Å². The van der Waals surface area contributed by atoms with Gasteiger partial charge < -0.3 is 13.2 Å². The van der Waals surface area contributed by atoms with Crippen molar-refractivity contribution in [2.75, 3.05) is 0 Å². The normalized spacial score (nSPS) is 12.0. The molecule has 0 aliphatic rings. The van der Waals surface area contributed by atoms with E-state index in [2.05, 4.69) is 529 Å². The smallest absolute Gasteiger partial charge is 0.0620 e. The Kier molecular flexibility index (Phi) is 18.1. The molecule has 0 atom stereocenters. The summed E-state index contributed by atoms with van der Waals surface area (Å²) in [6.07, 6.45) is 0. The Bertz CT molecular complexity index is 9970. The molecule has 0 amide bonds. The van der Waals surface area contributed by atoms with Crippen LogP contribution in [0.1, 0.15) is 0 Å². The van der Waals surface area contributed by atoms with Crippen molar-refractivity contribution >= 4 is 179 Å². The molecular formula is C138H85N3. The lowest BCUT2D eigenvalue weighted by atomic mass is 9.84. The van der Waals surface area contributed by atoms with Crippen molar-refractivity contribution in [3.63, 3.8) is 0 Å². The van der Waals surface area contributed by atoms with Crippen molar-refractivity contribution in [3.05, 3.63) is 516 Å². The lowest BCUT2D eigenvalue weighted by Gasteiger charge is -2.19. The van der Waals surface area contributed by atoms with E-state index in [4.69, 9.17) is 0 Å². The predicted molar refractivity (Wildman–Crippen MR) is 603 cm³/mol. The first-order valence-electron chi connectivity index (χ1n) is 48.9. The van der Waals surface area contributed by atoms with Gasteiger partial charge in [-0.2, -0.15) is 0 Å². The molecule has 0 saturated carbocycles. The van der Waals surface area contributed by atoms with Crippen molar-refractivity contribution in [1.82, 2.24) is 13.2 Å². The molecule has 141 heavy (non-hydrogen) atoms. The average molecular weight is 1790 g/mol. The summed E-state index contributed by atoms with van der Waals surface area (Å²) in [6.45, 7) is 0. The minimum atomic E-state index is 1.21. The number of hydrogen-bond donors (Lipinski definition) is 0. The Labute approximate surface area is 813 Å². The molecule has 0 fully saturated rings. The lowest BCUT2D eigenvalue weighted by molar-refractivity contribution is 1.38. The topological polar surface area (TPSA) is 13.2 Å². The predicted octanol–water partition coefficient (Wildman–Crippen LogP) is 38.1. The summed E-state index contributed by atoms with van der Waals surface area (Å²) in [5.41, 5.74) is 36.1. The maximum atomic E-state index is 2.52. The van der Waals surface area contributed by atoms with Gasteiger partial charge in [-0.05, 0) is 303 Å². The fourth-order valence-corrected chi connectivity index (χ4v) is 23.7. The zero-order chi connectivity index (χ0) is 92.4. The Hall–Kier alpha value is -18.5. The van der Waals surface area contributed by atoms with Crippen molar-refractivity contribution in [1.29, 1.82) is 0 Å². The summed E-state index contributed by atoms with van der Waals surface area (Å²) in [4.78, 5) is 0. The SMILES string of the molecule is c1ccc(-c2cc(-c3ccccc3)c(-c3cc4c5cc6ccccc6cc5n5c6cc7ccccc7cc6c(c3)c45)c(-c3ccccc3)c2)cc1.c1ccc(-c2ccc(-c3ccccc3)c(-c3cc4c5cc6ccccc6cc5n5c6cc7ccccc7cc6c(c3)c45)c2)cc1.c1ccc(-c2cccc(-c3ccccc3)c2-c2cc3c4cc5ccccc5cc4n4c5cc6ccccc6cc5c(c2)c34)cc1. The summed E-state index contributed by atoms with van der Waals surface area (Å²) in [5.74, 6) is 0. The summed E-state index contributed by atoms with van der Waals surface area (Å²) in [7, 11) is 0. The maximum absolute atomic E-state index is 2.52. The van der Waals surface area contributed by atoms with Crippen LogP contribution in [0, 0.1) is 0 Å². The van der Waals surface area contributed by atoms with Crippen LogP contribution in [-0.2, 0) is 0 Å². The highest BCUT2D eigenvalue weighted by Gasteiger charge is 2.29. The van der Waals surface area contributed by atoms with Crippen LogP contribution in [0.3, 0.4) is 0 Å². The third-order valence-corrected chi connectivity index (χ3v) is 30.1. The number of hydrogen-bond acceptors (Lipinski definition) is 0. The van der Waals surface area contributed by atoms with E-state index in [0.717, 1.165) is 0 Å². The van der Waals surface area contributed by atoms with Gasteiger partial charge in [-0.1, -0.05) is 388 Å². The second-order valence-corrected chi connectivity index (χ2v) is 38.1. The minimum Gasteiger partial charge on any atom is -0.308 e.